The summed E-state index contributed by atoms with van der Waals surface area (Å²) in [5, 5.41) is 2.93. The molecule has 1 amide bonds. The van der Waals surface area contributed by atoms with Gasteiger partial charge in [-0.05, 0) is 30.5 Å². The van der Waals surface area contributed by atoms with Crippen molar-refractivity contribution < 1.29 is 13.9 Å². The van der Waals surface area contributed by atoms with Gasteiger partial charge in [0.25, 0.3) is 5.91 Å². The van der Waals surface area contributed by atoms with Gasteiger partial charge in [0.05, 0.1) is 12.2 Å². The largest absolute Gasteiger partial charge is 0.380 e. The first-order chi connectivity index (χ1) is 9.00. The van der Waals surface area contributed by atoms with Crippen LogP contribution in [0, 0.1) is 11.7 Å². The minimum atomic E-state index is -0.581. The van der Waals surface area contributed by atoms with Crippen molar-refractivity contribution in [3.63, 3.8) is 0 Å². The van der Waals surface area contributed by atoms with Gasteiger partial charge in [0.2, 0.25) is 0 Å². The van der Waals surface area contributed by atoms with Crippen molar-refractivity contribution >= 4 is 17.5 Å². The molecular formula is C14H19ClFNO2. The van der Waals surface area contributed by atoms with Gasteiger partial charge in [0.1, 0.15) is 5.82 Å². The first-order valence-corrected chi connectivity index (χ1v) is 6.69. The smallest absolute Gasteiger partial charge is 0.254 e. The Morgan fingerprint density at radius 2 is 2.16 bits per heavy atom. The highest BCUT2D eigenvalue weighted by Crippen LogP contribution is 2.14. The summed E-state index contributed by atoms with van der Waals surface area (Å²) in [7, 11) is 0. The van der Waals surface area contributed by atoms with Crippen molar-refractivity contribution in [2.45, 2.75) is 20.3 Å². The van der Waals surface area contributed by atoms with Crippen LogP contribution in [0.4, 0.5) is 4.39 Å². The fraction of sp³-hybridized carbons (Fsp3) is 0.500. The molecule has 1 N–H and O–H groups in total. The Morgan fingerprint density at radius 3 is 2.84 bits per heavy atom. The summed E-state index contributed by atoms with van der Waals surface area (Å²) in [6.07, 6.45) is 0.983. The predicted molar refractivity (Wildman–Crippen MR) is 74.0 cm³/mol. The SMILES string of the molecule is CC(C)CCOCCNC(=O)c1cc(Cl)ccc1F. The Kier molecular flexibility index (Phi) is 6.81. The van der Waals surface area contributed by atoms with Crippen LogP contribution in [-0.2, 0) is 4.74 Å². The van der Waals surface area contributed by atoms with E-state index in [1.807, 2.05) is 0 Å². The average molecular weight is 288 g/mol. The summed E-state index contributed by atoms with van der Waals surface area (Å²) < 4.78 is 18.7. The third-order valence-electron chi connectivity index (χ3n) is 2.54. The van der Waals surface area contributed by atoms with Gasteiger partial charge in [-0.25, -0.2) is 4.39 Å². The maximum Gasteiger partial charge on any atom is 0.254 e. The maximum atomic E-state index is 13.4. The Hall–Kier alpha value is -1.13. The zero-order valence-corrected chi connectivity index (χ0v) is 12.0. The number of hydrogen-bond acceptors (Lipinski definition) is 2. The van der Waals surface area contributed by atoms with Crippen molar-refractivity contribution in [2.24, 2.45) is 5.92 Å². The molecule has 0 bridgehead atoms. The lowest BCUT2D eigenvalue weighted by molar-refractivity contribution is 0.0902. The van der Waals surface area contributed by atoms with Crippen molar-refractivity contribution in [3.05, 3.63) is 34.6 Å². The summed E-state index contributed by atoms with van der Waals surface area (Å²) in [6, 6.07) is 3.89. The topological polar surface area (TPSA) is 38.3 Å². The molecular weight excluding hydrogens is 269 g/mol. The van der Waals surface area contributed by atoms with Crippen LogP contribution in [0.2, 0.25) is 5.02 Å². The molecule has 0 aliphatic rings. The van der Waals surface area contributed by atoms with Crippen molar-refractivity contribution in [2.75, 3.05) is 19.8 Å². The Balaban J connectivity index is 2.29. The van der Waals surface area contributed by atoms with Crippen LogP contribution in [-0.4, -0.2) is 25.7 Å². The molecule has 1 aromatic carbocycles. The molecule has 0 atom stereocenters. The third-order valence-corrected chi connectivity index (χ3v) is 2.78. The van der Waals surface area contributed by atoms with Gasteiger partial charge in [-0.1, -0.05) is 25.4 Å². The predicted octanol–water partition coefficient (Wildman–Crippen LogP) is 3.27. The number of nitrogens with one attached hydrogen (secondary N) is 1. The molecule has 0 radical (unpaired) electrons. The van der Waals surface area contributed by atoms with Crippen LogP contribution in [0.5, 0.6) is 0 Å². The monoisotopic (exact) mass is 287 g/mol. The lowest BCUT2D eigenvalue weighted by Gasteiger charge is -2.08. The van der Waals surface area contributed by atoms with Gasteiger partial charge in [0.15, 0.2) is 0 Å². The van der Waals surface area contributed by atoms with E-state index in [0.717, 1.165) is 6.42 Å². The standard InChI is InChI=1S/C14H19ClFNO2/c1-10(2)5-7-19-8-6-17-14(18)12-9-11(15)3-4-13(12)16/h3-4,9-10H,5-8H2,1-2H3,(H,17,18). The lowest BCUT2D eigenvalue weighted by atomic mass is 10.1. The number of hydrogen-bond donors (Lipinski definition) is 1. The molecule has 0 unspecified atom stereocenters. The number of carbonyl (C=O) groups is 1. The molecule has 106 valence electrons. The maximum absolute atomic E-state index is 13.4. The highest BCUT2D eigenvalue weighted by molar-refractivity contribution is 6.30. The van der Waals surface area contributed by atoms with E-state index in [2.05, 4.69) is 19.2 Å². The summed E-state index contributed by atoms with van der Waals surface area (Å²) in [4.78, 5) is 11.7. The second kappa shape index (κ2) is 8.12. The van der Waals surface area contributed by atoms with Gasteiger partial charge in [0, 0.05) is 18.2 Å². The molecule has 5 heteroatoms. The number of halogens is 2. The van der Waals surface area contributed by atoms with Crippen LogP contribution in [0.25, 0.3) is 0 Å². The van der Waals surface area contributed by atoms with E-state index >= 15 is 0 Å². The Bertz CT molecular complexity index is 424. The van der Waals surface area contributed by atoms with E-state index < -0.39 is 11.7 Å². The summed E-state index contributed by atoms with van der Waals surface area (Å²) in [5.74, 6) is -0.467. The van der Waals surface area contributed by atoms with E-state index in [0.29, 0.717) is 30.7 Å². The second-order valence-corrected chi connectivity index (χ2v) is 5.11. The van der Waals surface area contributed by atoms with Crippen molar-refractivity contribution in [1.82, 2.24) is 5.32 Å². The normalized spacial score (nSPS) is 10.8. The fourth-order valence-electron chi connectivity index (χ4n) is 1.42. The number of benzene rings is 1. The zero-order valence-electron chi connectivity index (χ0n) is 11.2. The summed E-state index contributed by atoms with van der Waals surface area (Å²) >= 11 is 5.72. The Morgan fingerprint density at radius 1 is 1.42 bits per heavy atom. The zero-order chi connectivity index (χ0) is 14.3. The fourth-order valence-corrected chi connectivity index (χ4v) is 1.60. The average Bonchev–Trinajstić information content (AvgIpc) is 2.36. The molecule has 0 saturated carbocycles. The molecule has 1 aromatic rings. The van der Waals surface area contributed by atoms with Crippen LogP contribution in [0.1, 0.15) is 30.6 Å². The number of amides is 1. The molecule has 0 aliphatic heterocycles. The molecule has 0 aliphatic carbocycles. The minimum absolute atomic E-state index is 0.0466. The van der Waals surface area contributed by atoms with Crippen LogP contribution >= 0.6 is 11.6 Å². The number of ether oxygens (including phenoxy) is 1. The van der Waals surface area contributed by atoms with Gasteiger partial charge in [-0.3, -0.25) is 4.79 Å². The van der Waals surface area contributed by atoms with Crippen LogP contribution in [0.15, 0.2) is 18.2 Å². The number of carbonyl (C=O) groups excluding carboxylic acids is 1. The minimum Gasteiger partial charge on any atom is -0.380 e. The molecule has 0 saturated heterocycles. The van der Waals surface area contributed by atoms with E-state index in [4.69, 9.17) is 16.3 Å². The first kappa shape index (κ1) is 15.9. The van der Waals surface area contributed by atoms with Gasteiger partial charge < -0.3 is 10.1 Å². The number of rotatable bonds is 7. The van der Waals surface area contributed by atoms with Gasteiger partial charge in [-0.2, -0.15) is 0 Å². The molecule has 1 rings (SSSR count). The highest BCUT2D eigenvalue weighted by Gasteiger charge is 2.11. The summed E-state index contributed by atoms with van der Waals surface area (Å²) in [6.45, 7) is 5.67. The van der Waals surface area contributed by atoms with E-state index in [-0.39, 0.29) is 5.56 Å². The van der Waals surface area contributed by atoms with E-state index in [1.54, 1.807) is 0 Å². The van der Waals surface area contributed by atoms with Crippen molar-refractivity contribution in [1.29, 1.82) is 0 Å². The third kappa shape index (κ3) is 6.03. The first-order valence-electron chi connectivity index (χ1n) is 6.31. The van der Waals surface area contributed by atoms with Crippen molar-refractivity contribution in [3.8, 4) is 0 Å². The lowest BCUT2D eigenvalue weighted by Crippen LogP contribution is -2.28. The molecule has 19 heavy (non-hydrogen) atoms. The highest BCUT2D eigenvalue weighted by atomic mass is 35.5. The van der Waals surface area contributed by atoms with Gasteiger partial charge in [-0.15, -0.1) is 0 Å². The molecule has 0 fully saturated rings. The second-order valence-electron chi connectivity index (χ2n) is 4.67. The van der Waals surface area contributed by atoms with E-state index in [1.165, 1.54) is 18.2 Å². The van der Waals surface area contributed by atoms with Crippen LogP contribution < -0.4 is 5.32 Å². The molecule has 3 nitrogen and oxygen atoms in total. The molecule has 0 heterocycles. The molecule has 0 aromatic heterocycles. The summed E-state index contributed by atoms with van der Waals surface area (Å²) in [5.41, 5.74) is -0.0466. The Labute approximate surface area is 118 Å². The van der Waals surface area contributed by atoms with E-state index in [9.17, 15) is 9.18 Å². The van der Waals surface area contributed by atoms with Crippen LogP contribution in [0.3, 0.4) is 0 Å². The quantitative estimate of drug-likeness (QED) is 0.782. The molecule has 0 spiro atoms. The van der Waals surface area contributed by atoms with Gasteiger partial charge >= 0.3 is 0 Å².